The van der Waals surface area contributed by atoms with Crippen LogP contribution in [0.3, 0.4) is 0 Å². The highest BCUT2D eigenvalue weighted by atomic mass is 19.1. The van der Waals surface area contributed by atoms with E-state index in [1.807, 2.05) is 36.4 Å². The van der Waals surface area contributed by atoms with Crippen LogP contribution in [0.2, 0.25) is 0 Å². The van der Waals surface area contributed by atoms with Crippen LogP contribution in [0.15, 0.2) is 48.5 Å². The summed E-state index contributed by atoms with van der Waals surface area (Å²) in [6, 6.07) is 17.0. The van der Waals surface area contributed by atoms with Crippen molar-refractivity contribution in [2.24, 2.45) is 0 Å². The lowest BCUT2D eigenvalue weighted by molar-refractivity contribution is 0.198. The summed E-state index contributed by atoms with van der Waals surface area (Å²) >= 11 is 0. The molecule has 3 rings (SSSR count). The van der Waals surface area contributed by atoms with Crippen molar-refractivity contribution in [1.82, 2.24) is 4.90 Å². The lowest BCUT2D eigenvalue weighted by Crippen LogP contribution is -2.47. The van der Waals surface area contributed by atoms with Gasteiger partial charge in [0.05, 0.1) is 11.3 Å². The van der Waals surface area contributed by atoms with E-state index in [9.17, 15) is 9.65 Å². The molecule has 1 fully saturated rings. The van der Waals surface area contributed by atoms with E-state index < -0.39 is 0 Å². The molecule has 1 atom stereocenters. The Morgan fingerprint density at radius 3 is 2.30 bits per heavy atom. The first-order valence-corrected chi connectivity index (χ1v) is 7.92. The molecule has 1 heterocycles. The zero-order valence-corrected chi connectivity index (χ0v) is 13.2. The Balaban J connectivity index is 1.66. The van der Waals surface area contributed by atoms with Crippen molar-refractivity contribution in [2.75, 3.05) is 31.1 Å². The van der Waals surface area contributed by atoms with Crippen molar-refractivity contribution in [1.29, 1.82) is 5.26 Å². The molecule has 1 unspecified atom stereocenters. The van der Waals surface area contributed by atoms with Crippen LogP contribution >= 0.6 is 0 Å². The third-order valence-electron chi connectivity index (χ3n) is 4.58. The van der Waals surface area contributed by atoms with Gasteiger partial charge in [0.1, 0.15) is 11.9 Å². The van der Waals surface area contributed by atoms with Crippen molar-refractivity contribution < 1.29 is 4.39 Å². The molecule has 0 spiro atoms. The first-order valence-electron chi connectivity index (χ1n) is 7.92. The summed E-state index contributed by atoms with van der Waals surface area (Å²) in [4.78, 5) is 4.67. The molecular formula is C19H20FN3. The minimum Gasteiger partial charge on any atom is -0.368 e. The van der Waals surface area contributed by atoms with Crippen LogP contribution in [-0.4, -0.2) is 31.1 Å². The van der Waals surface area contributed by atoms with Crippen molar-refractivity contribution in [3.05, 3.63) is 65.5 Å². The molecule has 0 radical (unpaired) electrons. The Labute approximate surface area is 136 Å². The lowest BCUT2D eigenvalue weighted by Gasteiger charge is -2.39. The van der Waals surface area contributed by atoms with Crippen LogP contribution in [0, 0.1) is 17.1 Å². The number of benzene rings is 2. The quantitative estimate of drug-likeness (QED) is 0.868. The van der Waals surface area contributed by atoms with Gasteiger partial charge >= 0.3 is 0 Å². The van der Waals surface area contributed by atoms with Crippen LogP contribution in [0.4, 0.5) is 10.1 Å². The Bertz CT molecular complexity index is 697. The van der Waals surface area contributed by atoms with Gasteiger partial charge in [-0.3, -0.25) is 4.90 Å². The van der Waals surface area contributed by atoms with Crippen molar-refractivity contribution in [3.63, 3.8) is 0 Å². The number of piperazine rings is 1. The molecule has 3 nitrogen and oxygen atoms in total. The van der Waals surface area contributed by atoms with Crippen molar-refractivity contribution in [3.8, 4) is 6.07 Å². The number of hydrogen-bond donors (Lipinski definition) is 0. The maximum atomic E-state index is 13.1. The predicted octanol–water partition coefficient (Wildman–Crippen LogP) is 3.58. The summed E-state index contributed by atoms with van der Waals surface area (Å²) in [6.45, 7) is 5.80. The van der Waals surface area contributed by atoms with E-state index in [1.165, 1.54) is 12.1 Å². The van der Waals surface area contributed by atoms with Gasteiger partial charge in [-0.15, -0.1) is 0 Å². The largest absolute Gasteiger partial charge is 0.368 e. The fourth-order valence-corrected chi connectivity index (χ4v) is 3.15. The van der Waals surface area contributed by atoms with Gasteiger partial charge in [-0.2, -0.15) is 5.26 Å². The molecule has 0 aliphatic carbocycles. The van der Waals surface area contributed by atoms with Gasteiger partial charge in [-0.25, -0.2) is 4.39 Å². The molecule has 118 valence electrons. The van der Waals surface area contributed by atoms with Crippen LogP contribution < -0.4 is 4.90 Å². The highest BCUT2D eigenvalue weighted by molar-refractivity contribution is 5.59. The summed E-state index contributed by atoms with van der Waals surface area (Å²) in [5.41, 5.74) is 2.88. The molecule has 1 aliphatic rings. The monoisotopic (exact) mass is 309 g/mol. The van der Waals surface area contributed by atoms with E-state index >= 15 is 0 Å². The fraction of sp³-hybridized carbons (Fsp3) is 0.316. The van der Waals surface area contributed by atoms with Gasteiger partial charge in [0, 0.05) is 32.2 Å². The van der Waals surface area contributed by atoms with E-state index in [2.05, 4.69) is 22.8 Å². The van der Waals surface area contributed by atoms with E-state index in [0.29, 0.717) is 0 Å². The molecule has 0 amide bonds. The minimum atomic E-state index is -0.195. The van der Waals surface area contributed by atoms with Crippen LogP contribution in [0.1, 0.15) is 24.1 Å². The third-order valence-corrected chi connectivity index (χ3v) is 4.58. The third kappa shape index (κ3) is 3.35. The fourth-order valence-electron chi connectivity index (χ4n) is 3.15. The number of nitriles is 1. The van der Waals surface area contributed by atoms with E-state index in [1.54, 1.807) is 0 Å². The number of anilines is 1. The van der Waals surface area contributed by atoms with E-state index in [-0.39, 0.29) is 11.9 Å². The second-order valence-corrected chi connectivity index (χ2v) is 5.88. The highest BCUT2D eigenvalue weighted by Gasteiger charge is 2.23. The topological polar surface area (TPSA) is 30.3 Å². The number of nitrogens with zero attached hydrogens (tertiary/aromatic N) is 3. The molecular weight excluding hydrogens is 289 g/mol. The van der Waals surface area contributed by atoms with Crippen LogP contribution in [-0.2, 0) is 0 Å². The van der Waals surface area contributed by atoms with Gasteiger partial charge in [-0.1, -0.05) is 24.3 Å². The maximum absolute atomic E-state index is 13.1. The van der Waals surface area contributed by atoms with Gasteiger partial charge in [-0.05, 0) is 36.8 Å². The number of rotatable bonds is 3. The summed E-state index contributed by atoms with van der Waals surface area (Å²) in [6.07, 6.45) is 0. The van der Waals surface area contributed by atoms with Crippen molar-refractivity contribution in [2.45, 2.75) is 13.0 Å². The summed E-state index contributed by atoms with van der Waals surface area (Å²) in [7, 11) is 0. The zero-order valence-electron chi connectivity index (χ0n) is 13.2. The number of halogens is 1. The molecule has 2 aromatic carbocycles. The first-order chi connectivity index (χ1) is 11.2. The molecule has 23 heavy (non-hydrogen) atoms. The molecule has 0 aromatic heterocycles. The van der Waals surface area contributed by atoms with E-state index in [4.69, 9.17) is 0 Å². The molecule has 0 bridgehead atoms. The minimum absolute atomic E-state index is 0.195. The lowest BCUT2D eigenvalue weighted by atomic mass is 10.1. The second-order valence-electron chi connectivity index (χ2n) is 5.88. The second kappa shape index (κ2) is 6.80. The Kier molecular flexibility index (Phi) is 4.59. The smallest absolute Gasteiger partial charge is 0.123 e. The van der Waals surface area contributed by atoms with Gasteiger partial charge in [0.2, 0.25) is 0 Å². The SMILES string of the molecule is CC(c1ccc(F)cc1)N1CCN(c2ccccc2C#N)CC1. The normalized spacial score (nSPS) is 16.8. The summed E-state index contributed by atoms with van der Waals surface area (Å²) < 4.78 is 13.1. The number of para-hydroxylation sites is 1. The van der Waals surface area contributed by atoms with Gasteiger partial charge in [0.25, 0.3) is 0 Å². The molecule has 4 heteroatoms. The maximum Gasteiger partial charge on any atom is 0.123 e. The van der Waals surface area contributed by atoms with Gasteiger partial charge < -0.3 is 4.90 Å². The summed E-state index contributed by atoms with van der Waals surface area (Å²) in [5.74, 6) is -0.195. The molecule has 1 aliphatic heterocycles. The number of hydrogen-bond acceptors (Lipinski definition) is 3. The zero-order chi connectivity index (χ0) is 16.2. The molecule has 1 saturated heterocycles. The highest BCUT2D eigenvalue weighted by Crippen LogP contribution is 2.25. The average Bonchev–Trinajstić information content (AvgIpc) is 2.62. The van der Waals surface area contributed by atoms with E-state index in [0.717, 1.165) is 43.0 Å². The Morgan fingerprint density at radius 1 is 1.00 bits per heavy atom. The van der Waals surface area contributed by atoms with Crippen molar-refractivity contribution >= 4 is 5.69 Å². The average molecular weight is 309 g/mol. The van der Waals surface area contributed by atoms with Crippen LogP contribution in [0.5, 0.6) is 0 Å². The summed E-state index contributed by atoms with van der Waals surface area (Å²) in [5, 5.41) is 9.24. The molecule has 2 aromatic rings. The Hall–Kier alpha value is -2.38. The predicted molar refractivity (Wildman–Crippen MR) is 89.8 cm³/mol. The molecule has 0 N–H and O–H groups in total. The Morgan fingerprint density at radius 2 is 1.65 bits per heavy atom. The molecule has 0 saturated carbocycles. The standard InChI is InChI=1S/C19H20FN3/c1-15(16-6-8-18(20)9-7-16)22-10-12-23(13-11-22)19-5-3-2-4-17(19)14-21/h2-9,15H,10-13H2,1H3. The first kappa shape index (κ1) is 15.5. The van der Waals surface area contributed by atoms with Crippen LogP contribution in [0.25, 0.3) is 0 Å². The van der Waals surface area contributed by atoms with Gasteiger partial charge in [0.15, 0.2) is 0 Å².